The van der Waals surface area contributed by atoms with E-state index in [1.54, 1.807) is 0 Å². The SMILES string of the molecule is OCCCCCCCCCCN1CCN(c2cc(N3CCCC3)nc(N3CCCC3)n2)CC1. The molecule has 1 aromatic rings. The lowest BCUT2D eigenvalue weighted by molar-refractivity contribution is 0.251. The van der Waals surface area contributed by atoms with E-state index in [9.17, 15) is 0 Å². The van der Waals surface area contributed by atoms with Gasteiger partial charge in [0.15, 0.2) is 0 Å². The summed E-state index contributed by atoms with van der Waals surface area (Å²) in [5, 5.41) is 8.84. The van der Waals surface area contributed by atoms with E-state index in [-0.39, 0.29) is 0 Å². The molecule has 0 aliphatic carbocycles. The maximum absolute atomic E-state index is 8.84. The van der Waals surface area contributed by atoms with Crippen molar-refractivity contribution in [2.24, 2.45) is 0 Å². The van der Waals surface area contributed by atoms with Crippen LogP contribution in [0.15, 0.2) is 6.07 Å². The van der Waals surface area contributed by atoms with Gasteiger partial charge in [-0.1, -0.05) is 38.5 Å². The molecule has 186 valence electrons. The second kappa shape index (κ2) is 13.3. The number of anilines is 3. The predicted molar refractivity (Wildman–Crippen MR) is 138 cm³/mol. The Hall–Kier alpha value is -1.60. The summed E-state index contributed by atoms with van der Waals surface area (Å²) in [6.07, 6.45) is 15.2. The van der Waals surface area contributed by atoms with Crippen molar-refractivity contribution in [2.75, 3.05) is 80.2 Å². The van der Waals surface area contributed by atoms with Gasteiger partial charge < -0.3 is 19.8 Å². The van der Waals surface area contributed by atoms with Crippen LogP contribution in [0.2, 0.25) is 0 Å². The van der Waals surface area contributed by atoms with Crippen LogP contribution in [0.1, 0.15) is 77.0 Å². The molecule has 3 fully saturated rings. The fourth-order valence-corrected chi connectivity index (χ4v) is 5.45. The molecule has 3 saturated heterocycles. The Morgan fingerprint density at radius 3 is 1.64 bits per heavy atom. The van der Waals surface area contributed by atoms with Gasteiger partial charge in [0.1, 0.15) is 11.6 Å². The summed E-state index contributed by atoms with van der Waals surface area (Å²) in [6.45, 7) is 10.5. The third-order valence-corrected chi connectivity index (χ3v) is 7.59. The third-order valence-electron chi connectivity index (χ3n) is 7.59. The number of unbranched alkanes of at least 4 members (excludes halogenated alkanes) is 7. The van der Waals surface area contributed by atoms with Gasteiger partial charge in [0.05, 0.1) is 0 Å². The Bertz CT molecular complexity index is 647. The standard InChI is InChI=1S/C26H46N6O/c33-22-12-6-4-2-1-3-5-7-13-29-18-20-31(21-19-29)25-23-24(30-14-8-9-15-30)27-26(28-25)32-16-10-11-17-32/h23,33H,1-22H2. The lowest BCUT2D eigenvalue weighted by Crippen LogP contribution is -2.47. The normalized spacial score (nSPS) is 19.7. The van der Waals surface area contributed by atoms with E-state index in [1.165, 1.54) is 77.2 Å². The molecule has 1 N–H and O–H groups in total. The molecule has 0 unspecified atom stereocenters. The van der Waals surface area contributed by atoms with Crippen LogP contribution < -0.4 is 14.7 Å². The van der Waals surface area contributed by atoms with Crippen molar-refractivity contribution in [2.45, 2.75) is 77.0 Å². The van der Waals surface area contributed by atoms with Gasteiger partial charge in [0.25, 0.3) is 0 Å². The zero-order chi connectivity index (χ0) is 22.7. The molecular formula is C26H46N6O. The number of hydrogen-bond donors (Lipinski definition) is 1. The summed E-state index contributed by atoms with van der Waals surface area (Å²) in [4.78, 5) is 20.0. The molecule has 0 aromatic carbocycles. The molecule has 0 bridgehead atoms. The maximum atomic E-state index is 8.84. The summed E-state index contributed by atoms with van der Waals surface area (Å²) in [7, 11) is 0. The van der Waals surface area contributed by atoms with E-state index in [1.807, 2.05) is 0 Å². The molecule has 0 saturated carbocycles. The van der Waals surface area contributed by atoms with Crippen molar-refractivity contribution < 1.29 is 5.11 Å². The van der Waals surface area contributed by atoms with Crippen LogP contribution in [-0.2, 0) is 0 Å². The Balaban J connectivity index is 1.22. The van der Waals surface area contributed by atoms with E-state index in [4.69, 9.17) is 15.1 Å². The highest BCUT2D eigenvalue weighted by atomic mass is 16.2. The highest BCUT2D eigenvalue weighted by Crippen LogP contribution is 2.27. The minimum absolute atomic E-state index is 0.351. The van der Waals surface area contributed by atoms with Crippen LogP contribution >= 0.6 is 0 Å². The molecule has 3 aliphatic heterocycles. The lowest BCUT2D eigenvalue weighted by Gasteiger charge is -2.36. The summed E-state index contributed by atoms with van der Waals surface area (Å²) < 4.78 is 0. The third kappa shape index (κ3) is 7.44. The van der Waals surface area contributed by atoms with E-state index in [0.29, 0.717) is 6.61 Å². The monoisotopic (exact) mass is 458 g/mol. The van der Waals surface area contributed by atoms with Crippen LogP contribution in [0, 0.1) is 0 Å². The van der Waals surface area contributed by atoms with Crippen LogP contribution in [0.3, 0.4) is 0 Å². The van der Waals surface area contributed by atoms with E-state index < -0.39 is 0 Å². The van der Waals surface area contributed by atoms with Gasteiger partial charge in [-0.2, -0.15) is 9.97 Å². The van der Waals surface area contributed by atoms with Gasteiger partial charge >= 0.3 is 0 Å². The molecule has 4 heterocycles. The number of piperazine rings is 1. The van der Waals surface area contributed by atoms with Gasteiger partial charge in [-0.05, 0) is 45.1 Å². The molecule has 0 spiro atoms. The van der Waals surface area contributed by atoms with Crippen molar-refractivity contribution in [3.8, 4) is 0 Å². The summed E-state index contributed by atoms with van der Waals surface area (Å²) in [5.41, 5.74) is 0. The van der Waals surface area contributed by atoms with Crippen molar-refractivity contribution in [3.05, 3.63) is 6.07 Å². The van der Waals surface area contributed by atoms with Gasteiger partial charge in [-0.3, -0.25) is 4.90 Å². The molecule has 0 radical (unpaired) electrons. The zero-order valence-corrected chi connectivity index (χ0v) is 20.8. The summed E-state index contributed by atoms with van der Waals surface area (Å²) in [6, 6.07) is 2.25. The van der Waals surface area contributed by atoms with Gasteiger partial charge in [0, 0.05) is 65.0 Å². The van der Waals surface area contributed by atoms with E-state index >= 15 is 0 Å². The molecule has 7 heteroatoms. The largest absolute Gasteiger partial charge is 0.396 e. The van der Waals surface area contributed by atoms with Gasteiger partial charge in [-0.25, -0.2) is 0 Å². The summed E-state index contributed by atoms with van der Waals surface area (Å²) >= 11 is 0. The topological polar surface area (TPSA) is 59.0 Å². The first-order valence-electron chi connectivity index (χ1n) is 13.8. The zero-order valence-electron chi connectivity index (χ0n) is 20.8. The number of hydrogen-bond acceptors (Lipinski definition) is 7. The average molecular weight is 459 g/mol. The van der Waals surface area contributed by atoms with Crippen LogP contribution in [0.25, 0.3) is 0 Å². The molecule has 1 aromatic heterocycles. The van der Waals surface area contributed by atoms with Gasteiger partial charge in [-0.15, -0.1) is 0 Å². The van der Waals surface area contributed by atoms with Crippen molar-refractivity contribution in [1.29, 1.82) is 0 Å². The minimum Gasteiger partial charge on any atom is -0.396 e. The number of rotatable bonds is 13. The Labute approximate surface area is 201 Å². The lowest BCUT2D eigenvalue weighted by atomic mass is 10.1. The van der Waals surface area contributed by atoms with E-state index in [0.717, 1.165) is 76.4 Å². The quantitative estimate of drug-likeness (QED) is 0.450. The van der Waals surface area contributed by atoms with E-state index in [2.05, 4.69) is 25.7 Å². The van der Waals surface area contributed by atoms with Crippen LogP contribution in [0.5, 0.6) is 0 Å². The molecule has 0 atom stereocenters. The first kappa shape index (κ1) is 24.5. The number of aliphatic hydroxyl groups is 1. The molecular weight excluding hydrogens is 412 g/mol. The predicted octanol–water partition coefficient (Wildman–Crippen LogP) is 3.91. The fourth-order valence-electron chi connectivity index (χ4n) is 5.45. The first-order valence-corrected chi connectivity index (χ1v) is 13.8. The Kier molecular flexibility index (Phi) is 9.90. The fraction of sp³-hybridized carbons (Fsp3) is 0.846. The van der Waals surface area contributed by atoms with Crippen molar-refractivity contribution in [3.63, 3.8) is 0 Å². The highest BCUT2D eigenvalue weighted by molar-refractivity contribution is 5.56. The van der Waals surface area contributed by atoms with Crippen LogP contribution in [-0.4, -0.2) is 85.5 Å². The highest BCUT2D eigenvalue weighted by Gasteiger charge is 2.24. The molecule has 3 aliphatic rings. The average Bonchev–Trinajstić information content (AvgIpc) is 3.58. The second-order valence-electron chi connectivity index (χ2n) is 10.2. The first-order chi connectivity index (χ1) is 16.3. The maximum Gasteiger partial charge on any atom is 0.229 e. The minimum atomic E-state index is 0.351. The smallest absolute Gasteiger partial charge is 0.229 e. The molecule has 4 rings (SSSR count). The number of aliphatic hydroxyl groups excluding tert-OH is 1. The number of nitrogens with zero attached hydrogens (tertiary/aromatic N) is 6. The Morgan fingerprint density at radius 1 is 0.576 bits per heavy atom. The second-order valence-corrected chi connectivity index (χ2v) is 10.2. The van der Waals surface area contributed by atoms with Gasteiger partial charge in [0.2, 0.25) is 5.95 Å². The molecule has 0 amide bonds. The molecule has 7 nitrogen and oxygen atoms in total. The van der Waals surface area contributed by atoms with Crippen molar-refractivity contribution in [1.82, 2.24) is 14.9 Å². The Morgan fingerprint density at radius 2 is 1.06 bits per heavy atom. The van der Waals surface area contributed by atoms with Crippen LogP contribution in [0.4, 0.5) is 17.6 Å². The summed E-state index contributed by atoms with van der Waals surface area (Å²) in [5.74, 6) is 3.22. The van der Waals surface area contributed by atoms with Crippen molar-refractivity contribution >= 4 is 17.6 Å². The number of aromatic nitrogens is 2. The molecule has 33 heavy (non-hydrogen) atoms.